The maximum atomic E-state index is 12.2. The highest BCUT2D eigenvalue weighted by atomic mass is 32.2. The molecule has 0 aromatic heterocycles. The van der Waals surface area contributed by atoms with Crippen LogP contribution in [0.15, 0.2) is 29.2 Å². The van der Waals surface area contributed by atoms with Crippen LogP contribution in [0.25, 0.3) is 0 Å². The molecule has 1 rings (SSSR count). The van der Waals surface area contributed by atoms with Crippen molar-refractivity contribution in [2.24, 2.45) is 0 Å². The highest BCUT2D eigenvalue weighted by Gasteiger charge is 2.36. The number of carbonyl (C=O) groups excluding carboxylic acids is 1. The molecule has 0 heterocycles. The number of ether oxygens (including phenoxy) is 1. The number of sulfonamides is 1. The molecule has 0 aliphatic heterocycles. The number of nitrogens with one attached hydrogen (secondary N) is 1. The highest BCUT2D eigenvalue weighted by molar-refractivity contribution is 7.89. The second-order valence-electron chi connectivity index (χ2n) is 4.62. The van der Waals surface area contributed by atoms with Crippen molar-refractivity contribution in [1.29, 1.82) is 0 Å². The predicted molar refractivity (Wildman–Crippen MR) is 74.4 cm³/mol. The summed E-state index contributed by atoms with van der Waals surface area (Å²) in [4.78, 5) is 22.4. The Kier molecular flexibility index (Phi) is 5.08. The van der Waals surface area contributed by atoms with Crippen LogP contribution in [-0.2, 0) is 19.6 Å². The van der Waals surface area contributed by atoms with Crippen molar-refractivity contribution in [2.75, 3.05) is 7.11 Å². The quantitative estimate of drug-likeness (QED) is 0.758. The molecule has 0 saturated heterocycles. The van der Waals surface area contributed by atoms with Crippen molar-refractivity contribution in [3.8, 4) is 0 Å². The first-order valence-electron chi connectivity index (χ1n) is 6.12. The second-order valence-corrected chi connectivity index (χ2v) is 6.30. The van der Waals surface area contributed by atoms with Gasteiger partial charge in [0.05, 0.1) is 17.6 Å². The second kappa shape index (κ2) is 6.23. The maximum Gasteiger partial charge on any atom is 0.337 e. The van der Waals surface area contributed by atoms with Crippen molar-refractivity contribution in [1.82, 2.24) is 4.72 Å². The molecule has 0 spiro atoms. The molecule has 1 aromatic rings. The van der Waals surface area contributed by atoms with E-state index in [-0.39, 0.29) is 16.9 Å². The van der Waals surface area contributed by atoms with Crippen LogP contribution in [-0.4, -0.2) is 38.1 Å². The average Bonchev–Trinajstić information content (AvgIpc) is 2.45. The molecule has 1 unspecified atom stereocenters. The van der Waals surface area contributed by atoms with Crippen LogP contribution in [0.4, 0.5) is 0 Å². The largest absolute Gasteiger partial charge is 0.480 e. The molecule has 1 aromatic carbocycles. The number of methoxy groups -OCH3 is 1. The summed E-state index contributed by atoms with van der Waals surface area (Å²) in [6.07, 6.45) is 0.0677. The summed E-state index contributed by atoms with van der Waals surface area (Å²) >= 11 is 0. The molecule has 0 saturated carbocycles. The van der Waals surface area contributed by atoms with Gasteiger partial charge in [-0.05, 0) is 31.5 Å². The number of aliphatic carboxylic acids is 1. The first kappa shape index (κ1) is 17.1. The van der Waals surface area contributed by atoms with Crippen LogP contribution in [0, 0.1) is 0 Å². The topological polar surface area (TPSA) is 110 Å². The minimum Gasteiger partial charge on any atom is -0.480 e. The third kappa shape index (κ3) is 3.79. The third-order valence-corrected chi connectivity index (χ3v) is 4.70. The van der Waals surface area contributed by atoms with E-state index in [2.05, 4.69) is 9.46 Å². The van der Waals surface area contributed by atoms with Gasteiger partial charge in [0.25, 0.3) is 0 Å². The summed E-state index contributed by atoms with van der Waals surface area (Å²) in [5, 5.41) is 9.12. The fourth-order valence-corrected chi connectivity index (χ4v) is 3.01. The number of carboxylic acid groups (broad SMARTS) is 1. The lowest BCUT2D eigenvalue weighted by Crippen LogP contribution is -2.51. The van der Waals surface area contributed by atoms with Gasteiger partial charge in [-0.3, -0.25) is 4.79 Å². The monoisotopic (exact) mass is 315 g/mol. The molecular weight excluding hydrogens is 298 g/mol. The summed E-state index contributed by atoms with van der Waals surface area (Å²) in [5.41, 5.74) is -1.56. The Hall–Kier alpha value is -1.93. The first-order valence-corrected chi connectivity index (χ1v) is 7.60. The Labute approximate surface area is 123 Å². The fourth-order valence-electron chi connectivity index (χ4n) is 1.53. The SMILES string of the molecule is CCC(C)(NS(=O)(=O)c1cccc(C(=O)OC)c1)C(=O)O. The smallest absolute Gasteiger partial charge is 0.337 e. The number of esters is 1. The van der Waals surface area contributed by atoms with Crippen LogP contribution in [0.5, 0.6) is 0 Å². The number of hydrogen-bond donors (Lipinski definition) is 2. The molecule has 21 heavy (non-hydrogen) atoms. The minimum atomic E-state index is -4.08. The Bertz CT molecular complexity index is 654. The molecule has 2 N–H and O–H groups in total. The van der Waals surface area contributed by atoms with E-state index in [9.17, 15) is 18.0 Å². The Morgan fingerprint density at radius 3 is 2.48 bits per heavy atom. The average molecular weight is 315 g/mol. The molecular formula is C13H17NO6S. The zero-order chi connectivity index (χ0) is 16.3. The van der Waals surface area contributed by atoms with Gasteiger partial charge < -0.3 is 9.84 Å². The molecule has 1 atom stereocenters. The molecule has 0 bridgehead atoms. The van der Waals surface area contributed by atoms with E-state index in [0.717, 1.165) is 6.07 Å². The Morgan fingerprint density at radius 2 is 2.00 bits per heavy atom. The molecule has 8 heteroatoms. The molecule has 0 aliphatic rings. The van der Waals surface area contributed by atoms with Crippen LogP contribution >= 0.6 is 0 Å². The number of benzene rings is 1. The lowest BCUT2D eigenvalue weighted by Gasteiger charge is -2.24. The van der Waals surface area contributed by atoms with E-state index in [4.69, 9.17) is 5.11 Å². The zero-order valence-corrected chi connectivity index (χ0v) is 12.7. The minimum absolute atomic E-state index is 0.0638. The lowest BCUT2D eigenvalue weighted by molar-refractivity contribution is -0.143. The van der Waals surface area contributed by atoms with Crippen LogP contribution < -0.4 is 4.72 Å². The Morgan fingerprint density at radius 1 is 1.38 bits per heavy atom. The van der Waals surface area contributed by atoms with Crippen molar-refractivity contribution in [3.63, 3.8) is 0 Å². The van der Waals surface area contributed by atoms with E-state index in [1.807, 2.05) is 0 Å². The molecule has 0 radical (unpaired) electrons. The third-order valence-electron chi connectivity index (χ3n) is 3.10. The van der Waals surface area contributed by atoms with Gasteiger partial charge in [0.15, 0.2) is 0 Å². The summed E-state index contributed by atoms with van der Waals surface area (Å²) < 4.78 is 31.2. The molecule has 0 amide bonds. The van der Waals surface area contributed by atoms with Gasteiger partial charge >= 0.3 is 11.9 Å². The van der Waals surface area contributed by atoms with E-state index >= 15 is 0 Å². The molecule has 0 aliphatic carbocycles. The fraction of sp³-hybridized carbons (Fsp3) is 0.385. The van der Waals surface area contributed by atoms with E-state index in [1.165, 1.54) is 32.2 Å². The lowest BCUT2D eigenvalue weighted by atomic mass is 10.0. The van der Waals surface area contributed by atoms with Gasteiger partial charge in [-0.1, -0.05) is 13.0 Å². The van der Waals surface area contributed by atoms with Gasteiger partial charge in [-0.15, -0.1) is 0 Å². The maximum absolute atomic E-state index is 12.2. The number of rotatable bonds is 6. The summed E-state index contributed by atoms with van der Waals surface area (Å²) in [6.45, 7) is 2.83. The van der Waals surface area contributed by atoms with E-state index in [1.54, 1.807) is 6.92 Å². The van der Waals surface area contributed by atoms with Crippen molar-refractivity contribution in [2.45, 2.75) is 30.7 Å². The van der Waals surface area contributed by atoms with Crippen molar-refractivity contribution in [3.05, 3.63) is 29.8 Å². The van der Waals surface area contributed by atoms with Crippen LogP contribution in [0.2, 0.25) is 0 Å². The van der Waals surface area contributed by atoms with E-state index in [0.29, 0.717) is 0 Å². The van der Waals surface area contributed by atoms with Gasteiger partial charge in [0, 0.05) is 0 Å². The standard InChI is InChI=1S/C13H17NO6S/c1-4-13(2,12(16)17)14-21(18,19)10-7-5-6-9(8-10)11(15)20-3/h5-8,14H,4H2,1-3H3,(H,16,17). The number of carboxylic acids is 1. The van der Waals surface area contributed by atoms with Gasteiger partial charge in [0.2, 0.25) is 10.0 Å². The normalized spacial score (nSPS) is 14.2. The summed E-state index contributed by atoms with van der Waals surface area (Å²) in [5.74, 6) is -1.96. The zero-order valence-electron chi connectivity index (χ0n) is 11.9. The Balaban J connectivity index is 3.20. The number of carbonyl (C=O) groups is 2. The van der Waals surface area contributed by atoms with Crippen molar-refractivity contribution < 1.29 is 27.9 Å². The molecule has 116 valence electrons. The van der Waals surface area contributed by atoms with Gasteiger partial charge in [-0.2, -0.15) is 4.72 Å². The van der Waals surface area contributed by atoms with E-state index < -0.39 is 27.5 Å². The van der Waals surface area contributed by atoms with Crippen LogP contribution in [0.1, 0.15) is 30.6 Å². The van der Waals surface area contributed by atoms with Crippen LogP contribution in [0.3, 0.4) is 0 Å². The first-order chi connectivity index (χ1) is 9.66. The number of hydrogen-bond acceptors (Lipinski definition) is 5. The predicted octanol–water partition coefficient (Wildman–Crippen LogP) is 1.00. The van der Waals surface area contributed by atoms with Gasteiger partial charge in [0.1, 0.15) is 5.54 Å². The van der Waals surface area contributed by atoms with Gasteiger partial charge in [-0.25, -0.2) is 13.2 Å². The molecule has 7 nitrogen and oxygen atoms in total. The molecule has 0 fully saturated rings. The summed E-state index contributed by atoms with van der Waals surface area (Å²) in [7, 11) is -2.90. The highest BCUT2D eigenvalue weighted by Crippen LogP contribution is 2.17. The summed E-state index contributed by atoms with van der Waals surface area (Å²) in [6, 6.07) is 5.19. The van der Waals surface area contributed by atoms with Crippen molar-refractivity contribution >= 4 is 22.0 Å².